The van der Waals surface area contributed by atoms with Crippen molar-refractivity contribution in [3.63, 3.8) is 0 Å². The molecule has 1 aliphatic carbocycles. The van der Waals surface area contributed by atoms with Crippen molar-refractivity contribution in [2.45, 2.75) is 12.8 Å². The first kappa shape index (κ1) is 12.4. The SMILES string of the molecule is COC(=O)[C@@]1(Cc2ccc(O)cc2)C[C@@H]1C(=O)O. The maximum absolute atomic E-state index is 11.7. The highest BCUT2D eigenvalue weighted by molar-refractivity contribution is 5.90. The zero-order valence-corrected chi connectivity index (χ0v) is 9.92. The molecule has 0 aliphatic heterocycles. The first-order valence-electron chi connectivity index (χ1n) is 5.59. The largest absolute Gasteiger partial charge is 0.508 e. The number of ether oxygens (including phenoxy) is 1. The third kappa shape index (κ3) is 2.03. The summed E-state index contributed by atoms with van der Waals surface area (Å²) in [5.74, 6) is -2.00. The molecule has 0 spiro atoms. The van der Waals surface area contributed by atoms with Gasteiger partial charge in [-0.1, -0.05) is 12.1 Å². The summed E-state index contributed by atoms with van der Waals surface area (Å²) >= 11 is 0. The second-order valence-electron chi connectivity index (χ2n) is 4.59. The van der Waals surface area contributed by atoms with E-state index in [1.807, 2.05) is 0 Å². The van der Waals surface area contributed by atoms with E-state index in [2.05, 4.69) is 0 Å². The Balaban J connectivity index is 2.20. The molecule has 2 N–H and O–H groups in total. The number of methoxy groups -OCH3 is 1. The molecular formula is C13H14O5. The van der Waals surface area contributed by atoms with Crippen molar-refractivity contribution in [2.24, 2.45) is 11.3 Å². The van der Waals surface area contributed by atoms with Gasteiger partial charge >= 0.3 is 11.9 Å². The van der Waals surface area contributed by atoms with Crippen LogP contribution in [-0.4, -0.2) is 29.3 Å². The summed E-state index contributed by atoms with van der Waals surface area (Å²) in [6.45, 7) is 0. The number of carbonyl (C=O) groups is 2. The van der Waals surface area contributed by atoms with Crippen LogP contribution in [0.4, 0.5) is 0 Å². The molecule has 1 aliphatic rings. The second kappa shape index (κ2) is 4.33. The van der Waals surface area contributed by atoms with E-state index < -0.39 is 23.3 Å². The van der Waals surface area contributed by atoms with E-state index in [-0.39, 0.29) is 5.75 Å². The van der Waals surface area contributed by atoms with Crippen molar-refractivity contribution in [2.75, 3.05) is 7.11 Å². The highest BCUT2D eigenvalue weighted by Crippen LogP contribution is 2.55. The highest BCUT2D eigenvalue weighted by Gasteiger charge is 2.64. The Morgan fingerprint density at radius 3 is 2.44 bits per heavy atom. The van der Waals surface area contributed by atoms with Crippen LogP contribution in [0.3, 0.4) is 0 Å². The highest BCUT2D eigenvalue weighted by atomic mass is 16.5. The number of hydrogen-bond acceptors (Lipinski definition) is 4. The smallest absolute Gasteiger partial charge is 0.313 e. The third-order valence-electron chi connectivity index (χ3n) is 3.42. The van der Waals surface area contributed by atoms with Gasteiger partial charge in [0.15, 0.2) is 0 Å². The molecule has 5 nitrogen and oxygen atoms in total. The van der Waals surface area contributed by atoms with E-state index in [0.29, 0.717) is 12.8 Å². The number of aromatic hydroxyl groups is 1. The molecule has 0 heterocycles. The maximum Gasteiger partial charge on any atom is 0.313 e. The summed E-state index contributed by atoms with van der Waals surface area (Å²) in [5.41, 5.74) is -0.140. The van der Waals surface area contributed by atoms with Gasteiger partial charge in [-0.05, 0) is 30.5 Å². The standard InChI is InChI=1S/C13H14O5/c1-18-12(17)13(7-10(13)11(15)16)6-8-2-4-9(14)5-3-8/h2-5,10,14H,6-7H2,1H3,(H,15,16)/t10-,13+/m1/s1. The van der Waals surface area contributed by atoms with E-state index in [0.717, 1.165) is 5.56 Å². The van der Waals surface area contributed by atoms with Gasteiger partial charge in [0, 0.05) is 0 Å². The predicted molar refractivity (Wildman–Crippen MR) is 62.0 cm³/mol. The molecule has 0 bridgehead atoms. The van der Waals surface area contributed by atoms with Crippen LogP contribution in [0.15, 0.2) is 24.3 Å². The van der Waals surface area contributed by atoms with Crippen LogP contribution in [0.2, 0.25) is 0 Å². The summed E-state index contributed by atoms with van der Waals surface area (Å²) in [7, 11) is 1.26. The van der Waals surface area contributed by atoms with Crippen molar-refractivity contribution in [1.82, 2.24) is 0 Å². The second-order valence-corrected chi connectivity index (χ2v) is 4.59. The molecule has 1 saturated carbocycles. The molecule has 0 aromatic heterocycles. The summed E-state index contributed by atoms with van der Waals surface area (Å²) in [6.07, 6.45) is 0.618. The van der Waals surface area contributed by atoms with Gasteiger partial charge in [-0.25, -0.2) is 0 Å². The number of rotatable bonds is 4. The molecule has 96 valence electrons. The summed E-state index contributed by atoms with van der Waals surface area (Å²) in [4.78, 5) is 22.7. The van der Waals surface area contributed by atoms with Gasteiger partial charge in [-0.2, -0.15) is 0 Å². The van der Waals surface area contributed by atoms with Crippen molar-refractivity contribution in [3.8, 4) is 5.75 Å². The minimum absolute atomic E-state index is 0.136. The average Bonchev–Trinajstić information content (AvgIpc) is 3.07. The number of aliphatic carboxylic acids is 1. The number of carbonyl (C=O) groups excluding carboxylic acids is 1. The first-order chi connectivity index (χ1) is 8.49. The van der Waals surface area contributed by atoms with E-state index in [9.17, 15) is 14.7 Å². The lowest BCUT2D eigenvalue weighted by Gasteiger charge is -2.13. The fourth-order valence-corrected chi connectivity index (χ4v) is 2.30. The molecule has 0 unspecified atom stereocenters. The van der Waals surface area contributed by atoms with Crippen molar-refractivity contribution >= 4 is 11.9 Å². The van der Waals surface area contributed by atoms with Crippen LogP contribution in [-0.2, 0) is 20.7 Å². The number of carboxylic acids is 1. The van der Waals surface area contributed by atoms with Crippen molar-refractivity contribution < 1.29 is 24.5 Å². The zero-order valence-electron chi connectivity index (χ0n) is 9.92. The van der Waals surface area contributed by atoms with Gasteiger partial charge in [-0.3, -0.25) is 9.59 Å². The van der Waals surface area contributed by atoms with Crippen LogP contribution < -0.4 is 0 Å². The molecule has 0 radical (unpaired) electrons. The van der Waals surface area contributed by atoms with Crippen molar-refractivity contribution in [3.05, 3.63) is 29.8 Å². The van der Waals surface area contributed by atoms with Crippen LogP contribution in [0, 0.1) is 11.3 Å². The Labute approximate surface area is 104 Å². The molecule has 5 heteroatoms. The van der Waals surface area contributed by atoms with Crippen LogP contribution in [0.25, 0.3) is 0 Å². The molecule has 1 aromatic rings. The minimum atomic E-state index is -0.973. The summed E-state index contributed by atoms with van der Waals surface area (Å²) < 4.78 is 4.70. The molecule has 1 aromatic carbocycles. The van der Waals surface area contributed by atoms with Gasteiger partial charge in [0.25, 0.3) is 0 Å². The fourth-order valence-electron chi connectivity index (χ4n) is 2.30. The monoisotopic (exact) mass is 250 g/mol. The molecule has 18 heavy (non-hydrogen) atoms. The fraction of sp³-hybridized carbons (Fsp3) is 0.385. The van der Waals surface area contributed by atoms with Crippen LogP contribution in [0.5, 0.6) is 5.75 Å². The Bertz CT molecular complexity index is 479. The Hall–Kier alpha value is -2.04. The van der Waals surface area contributed by atoms with Gasteiger partial charge in [0.1, 0.15) is 5.75 Å². The van der Waals surface area contributed by atoms with Crippen molar-refractivity contribution in [1.29, 1.82) is 0 Å². The lowest BCUT2D eigenvalue weighted by molar-refractivity contribution is -0.151. The Morgan fingerprint density at radius 2 is 2.00 bits per heavy atom. The van der Waals surface area contributed by atoms with Crippen LogP contribution in [0.1, 0.15) is 12.0 Å². The number of hydrogen-bond donors (Lipinski definition) is 2. The lowest BCUT2D eigenvalue weighted by Crippen LogP contribution is -2.25. The van der Waals surface area contributed by atoms with Gasteiger partial charge in [-0.15, -0.1) is 0 Å². The molecule has 0 saturated heterocycles. The van der Waals surface area contributed by atoms with E-state index >= 15 is 0 Å². The first-order valence-corrected chi connectivity index (χ1v) is 5.59. The minimum Gasteiger partial charge on any atom is -0.508 e. The third-order valence-corrected chi connectivity index (χ3v) is 3.42. The van der Waals surface area contributed by atoms with Gasteiger partial charge in [0.2, 0.25) is 0 Å². The molecule has 2 atom stereocenters. The molecule has 1 fully saturated rings. The number of phenolic OH excluding ortho intramolecular Hbond substituents is 1. The Kier molecular flexibility index (Phi) is 2.98. The summed E-state index contributed by atoms with van der Waals surface area (Å²) in [6, 6.07) is 6.38. The number of phenols is 1. The number of esters is 1. The van der Waals surface area contributed by atoms with Gasteiger partial charge < -0.3 is 14.9 Å². The van der Waals surface area contributed by atoms with E-state index in [1.165, 1.54) is 19.2 Å². The molecule has 2 rings (SSSR count). The van der Waals surface area contributed by atoms with E-state index in [1.54, 1.807) is 12.1 Å². The average molecular weight is 250 g/mol. The zero-order chi connectivity index (χ0) is 13.3. The Morgan fingerprint density at radius 1 is 1.39 bits per heavy atom. The topological polar surface area (TPSA) is 83.8 Å². The quantitative estimate of drug-likeness (QED) is 0.784. The lowest BCUT2D eigenvalue weighted by atomic mass is 9.94. The number of benzene rings is 1. The molecular weight excluding hydrogens is 236 g/mol. The number of carboxylic acid groups (broad SMARTS) is 1. The predicted octanol–water partition coefficient (Wildman–Crippen LogP) is 1.20. The molecule has 0 amide bonds. The van der Waals surface area contributed by atoms with E-state index in [4.69, 9.17) is 9.84 Å². The summed E-state index contributed by atoms with van der Waals surface area (Å²) in [5, 5.41) is 18.2. The normalized spacial score (nSPS) is 25.5. The van der Waals surface area contributed by atoms with Crippen LogP contribution >= 0.6 is 0 Å². The maximum atomic E-state index is 11.7. The van der Waals surface area contributed by atoms with Gasteiger partial charge in [0.05, 0.1) is 18.4 Å².